The van der Waals surface area contributed by atoms with Crippen molar-refractivity contribution in [2.45, 2.75) is 38.7 Å². The first-order valence-corrected chi connectivity index (χ1v) is 6.27. The molecule has 1 heterocycles. The normalized spacial score (nSPS) is 19.5. The van der Waals surface area contributed by atoms with Crippen molar-refractivity contribution in [1.29, 1.82) is 0 Å². The SMILES string of the molecule is CC(C)c1ccc(OC2CCC(=O)NC2=O)c(F)c1. The Kier molecular flexibility index (Phi) is 3.83. The predicted molar refractivity (Wildman–Crippen MR) is 67.3 cm³/mol. The van der Waals surface area contributed by atoms with E-state index in [2.05, 4.69) is 5.32 Å². The van der Waals surface area contributed by atoms with Gasteiger partial charge in [-0.15, -0.1) is 0 Å². The van der Waals surface area contributed by atoms with Crippen LogP contribution in [-0.4, -0.2) is 17.9 Å². The highest BCUT2D eigenvalue weighted by molar-refractivity contribution is 5.99. The van der Waals surface area contributed by atoms with Crippen molar-refractivity contribution in [3.63, 3.8) is 0 Å². The fraction of sp³-hybridized carbons (Fsp3) is 0.429. The zero-order valence-electron chi connectivity index (χ0n) is 10.9. The lowest BCUT2D eigenvalue weighted by molar-refractivity contribution is -0.138. The number of ether oxygens (including phenoxy) is 1. The van der Waals surface area contributed by atoms with Gasteiger partial charge >= 0.3 is 0 Å². The van der Waals surface area contributed by atoms with Crippen LogP contribution >= 0.6 is 0 Å². The summed E-state index contributed by atoms with van der Waals surface area (Å²) in [5, 5.41) is 2.17. The smallest absolute Gasteiger partial charge is 0.267 e. The van der Waals surface area contributed by atoms with Crippen molar-refractivity contribution in [2.75, 3.05) is 0 Å². The quantitative estimate of drug-likeness (QED) is 0.852. The van der Waals surface area contributed by atoms with Crippen LogP contribution in [0.5, 0.6) is 5.75 Å². The minimum Gasteiger partial charge on any atom is -0.478 e. The van der Waals surface area contributed by atoms with E-state index < -0.39 is 17.8 Å². The molecule has 0 saturated carbocycles. The van der Waals surface area contributed by atoms with E-state index in [9.17, 15) is 14.0 Å². The lowest BCUT2D eigenvalue weighted by atomic mass is 10.0. The molecular formula is C14H16FNO3. The number of nitrogens with one attached hydrogen (secondary N) is 1. The highest BCUT2D eigenvalue weighted by atomic mass is 19.1. The largest absolute Gasteiger partial charge is 0.478 e. The van der Waals surface area contributed by atoms with Gasteiger partial charge in [-0.3, -0.25) is 14.9 Å². The molecule has 0 aliphatic carbocycles. The number of halogens is 1. The summed E-state index contributed by atoms with van der Waals surface area (Å²) in [5.74, 6) is -1.06. The van der Waals surface area contributed by atoms with Gasteiger partial charge in [0.15, 0.2) is 17.7 Å². The molecule has 0 bridgehead atoms. The zero-order chi connectivity index (χ0) is 14.0. The summed E-state index contributed by atoms with van der Waals surface area (Å²) in [6, 6.07) is 4.70. The number of carbonyl (C=O) groups excluding carboxylic acids is 2. The third-order valence-electron chi connectivity index (χ3n) is 3.08. The van der Waals surface area contributed by atoms with E-state index in [-0.39, 0.29) is 30.4 Å². The molecule has 1 saturated heterocycles. The van der Waals surface area contributed by atoms with Crippen molar-refractivity contribution in [1.82, 2.24) is 5.32 Å². The maximum atomic E-state index is 13.8. The predicted octanol–water partition coefficient (Wildman–Crippen LogP) is 2.13. The first-order chi connectivity index (χ1) is 8.97. The van der Waals surface area contributed by atoms with E-state index in [0.29, 0.717) is 0 Å². The molecule has 19 heavy (non-hydrogen) atoms. The highest BCUT2D eigenvalue weighted by Crippen LogP contribution is 2.25. The Morgan fingerprint density at radius 2 is 2.11 bits per heavy atom. The van der Waals surface area contributed by atoms with Crippen molar-refractivity contribution < 1.29 is 18.7 Å². The highest BCUT2D eigenvalue weighted by Gasteiger charge is 2.28. The van der Waals surface area contributed by atoms with Crippen molar-refractivity contribution in [3.8, 4) is 5.75 Å². The standard InChI is InChI=1S/C14H16FNO3/c1-8(2)9-3-4-11(10(15)7-9)19-12-5-6-13(17)16-14(12)18/h3-4,7-8,12H,5-6H2,1-2H3,(H,16,17,18). The van der Waals surface area contributed by atoms with E-state index in [1.165, 1.54) is 12.1 Å². The number of piperidine rings is 1. The van der Waals surface area contributed by atoms with Crippen LogP contribution in [-0.2, 0) is 9.59 Å². The molecular weight excluding hydrogens is 249 g/mol. The third-order valence-corrected chi connectivity index (χ3v) is 3.08. The van der Waals surface area contributed by atoms with Crippen LogP contribution in [0.3, 0.4) is 0 Å². The van der Waals surface area contributed by atoms with Gasteiger partial charge in [0.25, 0.3) is 5.91 Å². The number of amides is 2. The van der Waals surface area contributed by atoms with Gasteiger partial charge in [-0.2, -0.15) is 0 Å². The van der Waals surface area contributed by atoms with E-state index in [4.69, 9.17) is 4.74 Å². The lowest BCUT2D eigenvalue weighted by Crippen LogP contribution is -2.46. The molecule has 1 atom stereocenters. The Labute approximate surface area is 110 Å². The first-order valence-electron chi connectivity index (χ1n) is 6.27. The molecule has 2 rings (SSSR count). The number of benzene rings is 1. The summed E-state index contributed by atoms with van der Waals surface area (Å²) < 4.78 is 19.2. The molecule has 4 nitrogen and oxygen atoms in total. The second-order valence-corrected chi connectivity index (χ2v) is 4.90. The summed E-state index contributed by atoms with van der Waals surface area (Å²) >= 11 is 0. The topological polar surface area (TPSA) is 55.4 Å². The molecule has 2 amide bonds. The molecule has 1 fully saturated rings. The molecule has 0 spiro atoms. The number of imide groups is 1. The van der Waals surface area contributed by atoms with Gasteiger partial charge in [-0.1, -0.05) is 19.9 Å². The van der Waals surface area contributed by atoms with Gasteiger partial charge < -0.3 is 4.74 Å². The maximum Gasteiger partial charge on any atom is 0.267 e. The summed E-state index contributed by atoms with van der Waals surface area (Å²) in [6.07, 6.45) is -0.324. The van der Waals surface area contributed by atoms with E-state index in [1.54, 1.807) is 6.07 Å². The van der Waals surface area contributed by atoms with Crippen LogP contribution in [0.15, 0.2) is 18.2 Å². The minimum atomic E-state index is -0.808. The molecule has 102 valence electrons. The molecule has 1 aromatic rings. The summed E-state index contributed by atoms with van der Waals surface area (Å²) in [4.78, 5) is 22.5. The summed E-state index contributed by atoms with van der Waals surface area (Å²) in [6.45, 7) is 3.94. The molecule has 1 aliphatic rings. The van der Waals surface area contributed by atoms with Crippen LogP contribution < -0.4 is 10.1 Å². The van der Waals surface area contributed by atoms with Gasteiger partial charge in [0.1, 0.15) is 0 Å². The molecule has 1 unspecified atom stereocenters. The number of hydrogen-bond acceptors (Lipinski definition) is 3. The van der Waals surface area contributed by atoms with Crippen LogP contribution in [0.1, 0.15) is 38.2 Å². The second kappa shape index (κ2) is 5.38. The number of rotatable bonds is 3. The van der Waals surface area contributed by atoms with Gasteiger partial charge in [0.05, 0.1) is 0 Å². The van der Waals surface area contributed by atoms with Crippen molar-refractivity contribution in [3.05, 3.63) is 29.6 Å². The van der Waals surface area contributed by atoms with E-state index in [0.717, 1.165) is 5.56 Å². The maximum absolute atomic E-state index is 13.8. The number of hydrogen-bond donors (Lipinski definition) is 1. The van der Waals surface area contributed by atoms with E-state index in [1.807, 2.05) is 13.8 Å². The molecule has 0 aromatic heterocycles. The lowest BCUT2D eigenvalue weighted by Gasteiger charge is -2.22. The van der Waals surface area contributed by atoms with Gasteiger partial charge in [0, 0.05) is 12.8 Å². The average Bonchev–Trinajstić information content (AvgIpc) is 2.34. The molecule has 1 aliphatic heterocycles. The van der Waals surface area contributed by atoms with Crippen LogP contribution in [0.25, 0.3) is 0 Å². The second-order valence-electron chi connectivity index (χ2n) is 4.90. The fourth-order valence-corrected chi connectivity index (χ4v) is 1.91. The van der Waals surface area contributed by atoms with Crippen LogP contribution in [0.4, 0.5) is 4.39 Å². The minimum absolute atomic E-state index is 0.0406. The Balaban J connectivity index is 2.11. The Morgan fingerprint density at radius 1 is 1.37 bits per heavy atom. The van der Waals surface area contributed by atoms with Crippen molar-refractivity contribution in [2.24, 2.45) is 0 Å². The Morgan fingerprint density at radius 3 is 2.68 bits per heavy atom. The van der Waals surface area contributed by atoms with Gasteiger partial charge in [0.2, 0.25) is 5.91 Å². The number of carbonyl (C=O) groups is 2. The summed E-state index contributed by atoms with van der Waals surface area (Å²) in [7, 11) is 0. The molecule has 5 heteroatoms. The van der Waals surface area contributed by atoms with Crippen LogP contribution in [0.2, 0.25) is 0 Å². The van der Waals surface area contributed by atoms with Gasteiger partial charge in [-0.05, 0) is 23.6 Å². The monoisotopic (exact) mass is 265 g/mol. The fourth-order valence-electron chi connectivity index (χ4n) is 1.91. The van der Waals surface area contributed by atoms with Gasteiger partial charge in [-0.25, -0.2) is 4.39 Å². The van der Waals surface area contributed by atoms with E-state index >= 15 is 0 Å². The van der Waals surface area contributed by atoms with Crippen molar-refractivity contribution >= 4 is 11.8 Å². The molecule has 0 radical (unpaired) electrons. The molecule has 1 aromatic carbocycles. The average molecular weight is 265 g/mol. The van der Waals surface area contributed by atoms with Crippen LogP contribution in [0, 0.1) is 5.82 Å². The Hall–Kier alpha value is -1.91. The third kappa shape index (κ3) is 3.10. The molecule has 1 N–H and O–H groups in total. The first kappa shape index (κ1) is 13.5. The Bertz CT molecular complexity index is 513. The zero-order valence-corrected chi connectivity index (χ0v) is 10.9. The summed E-state index contributed by atoms with van der Waals surface area (Å²) in [5.41, 5.74) is 0.869.